The zero-order valence-corrected chi connectivity index (χ0v) is 17.0. The lowest BCUT2D eigenvalue weighted by Gasteiger charge is -2.30. The average Bonchev–Trinajstić information content (AvgIpc) is 3.25. The molecule has 0 spiro atoms. The minimum atomic E-state index is -0.105. The maximum absolute atomic E-state index is 6.55. The Hall–Kier alpha value is -0.680. The van der Waals surface area contributed by atoms with Crippen LogP contribution in [0.3, 0.4) is 0 Å². The molecule has 0 N–H and O–H groups in total. The van der Waals surface area contributed by atoms with Crippen molar-refractivity contribution in [3.05, 3.63) is 70.8 Å². The Morgan fingerprint density at radius 2 is 1.40 bits per heavy atom. The van der Waals surface area contributed by atoms with Crippen molar-refractivity contribution in [2.75, 3.05) is 6.61 Å². The number of rotatable bonds is 2. The van der Waals surface area contributed by atoms with Crippen molar-refractivity contribution < 1.29 is 9.47 Å². The van der Waals surface area contributed by atoms with Crippen molar-refractivity contribution in [2.45, 2.75) is 46.7 Å². The van der Waals surface area contributed by atoms with Crippen molar-refractivity contribution in [3.63, 3.8) is 0 Å². The maximum Gasteiger partial charge on any atom is 0.158 e. The Morgan fingerprint density at radius 3 is 1.92 bits per heavy atom. The van der Waals surface area contributed by atoms with Crippen LogP contribution in [0.1, 0.15) is 59.5 Å². The van der Waals surface area contributed by atoms with E-state index in [0.717, 1.165) is 19.4 Å². The zero-order valence-electron chi connectivity index (χ0n) is 13.8. The molecule has 0 bridgehead atoms. The molecule has 3 unspecified atom stereocenters. The Balaban J connectivity index is 1.63. The van der Waals surface area contributed by atoms with Gasteiger partial charge in [0.05, 0.1) is 3.23 Å². The van der Waals surface area contributed by atoms with Gasteiger partial charge in [-0.1, -0.05) is 80.4 Å². The maximum atomic E-state index is 6.55. The topological polar surface area (TPSA) is 18.5 Å². The summed E-state index contributed by atoms with van der Waals surface area (Å²) in [6.07, 6.45) is 3.13. The molecule has 0 amide bonds. The zero-order chi connectivity index (χ0) is 17.0. The molecule has 3 aliphatic rings. The number of alkyl halides is 2. The molecule has 2 aromatic carbocycles. The van der Waals surface area contributed by atoms with E-state index in [1.54, 1.807) is 0 Å². The molecule has 130 valence electrons. The SMILES string of the molecule is BrC1(Br)C2c3ccccc3C(OC3CCCCO3)c3ccccc3C21. The number of hydrogen-bond donors (Lipinski definition) is 0. The van der Waals surface area contributed by atoms with Gasteiger partial charge in [-0.05, 0) is 41.5 Å². The first-order valence-electron chi connectivity index (χ1n) is 9.00. The molecule has 25 heavy (non-hydrogen) atoms. The monoisotopic (exact) mass is 462 g/mol. The van der Waals surface area contributed by atoms with Crippen LogP contribution in [0.2, 0.25) is 0 Å². The number of hydrogen-bond acceptors (Lipinski definition) is 2. The van der Waals surface area contributed by atoms with Gasteiger partial charge >= 0.3 is 0 Å². The van der Waals surface area contributed by atoms with E-state index < -0.39 is 0 Å². The van der Waals surface area contributed by atoms with Crippen LogP contribution in [-0.4, -0.2) is 16.1 Å². The third kappa shape index (κ3) is 2.64. The van der Waals surface area contributed by atoms with Crippen molar-refractivity contribution in [2.24, 2.45) is 0 Å². The van der Waals surface area contributed by atoms with Crippen LogP contribution in [0, 0.1) is 0 Å². The molecule has 1 heterocycles. The molecular weight excluding hydrogens is 444 g/mol. The highest BCUT2D eigenvalue weighted by molar-refractivity contribution is 9.25. The summed E-state index contributed by atoms with van der Waals surface area (Å²) in [6, 6.07) is 17.4. The first kappa shape index (κ1) is 16.5. The smallest absolute Gasteiger partial charge is 0.158 e. The lowest BCUT2D eigenvalue weighted by Crippen LogP contribution is -2.25. The standard InChI is InChI=1S/C21H20Br2O2/c22-21(23)18-13-7-1-3-9-15(13)20(25-17-11-5-6-12-24-17)16-10-4-2-8-14(16)19(18)21/h1-4,7-10,17-20H,5-6,11-12H2. The van der Waals surface area contributed by atoms with Gasteiger partial charge in [-0.2, -0.15) is 0 Å². The molecular formula is C21H20Br2O2. The van der Waals surface area contributed by atoms with Crippen LogP contribution >= 0.6 is 31.9 Å². The fourth-order valence-corrected chi connectivity index (χ4v) is 6.23. The van der Waals surface area contributed by atoms with Crippen LogP contribution in [-0.2, 0) is 9.47 Å². The Bertz CT molecular complexity index is 742. The van der Waals surface area contributed by atoms with Crippen LogP contribution in [0.15, 0.2) is 48.5 Å². The van der Waals surface area contributed by atoms with E-state index >= 15 is 0 Å². The predicted octanol–water partition coefficient (Wildman–Crippen LogP) is 6.00. The second kappa shape index (κ2) is 6.19. The summed E-state index contributed by atoms with van der Waals surface area (Å²) in [6.45, 7) is 0.803. The van der Waals surface area contributed by atoms with Gasteiger partial charge in [-0.3, -0.25) is 0 Å². The summed E-state index contributed by atoms with van der Waals surface area (Å²) < 4.78 is 12.4. The van der Waals surface area contributed by atoms with Gasteiger partial charge in [0.15, 0.2) is 6.29 Å². The van der Waals surface area contributed by atoms with Crippen LogP contribution < -0.4 is 0 Å². The van der Waals surface area contributed by atoms with Crippen LogP contribution in [0.25, 0.3) is 0 Å². The van der Waals surface area contributed by atoms with E-state index in [4.69, 9.17) is 9.47 Å². The molecule has 1 aliphatic heterocycles. The normalized spacial score (nSPS) is 32.1. The largest absolute Gasteiger partial charge is 0.353 e. The number of ether oxygens (including phenoxy) is 2. The third-order valence-electron chi connectivity index (χ3n) is 5.71. The Morgan fingerprint density at radius 1 is 0.840 bits per heavy atom. The van der Waals surface area contributed by atoms with E-state index in [0.29, 0.717) is 11.8 Å². The molecule has 5 rings (SSSR count). The molecule has 2 aliphatic carbocycles. The third-order valence-corrected chi connectivity index (χ3v) is 7.68. The Kier molecular flexibility index (Phi) is 4.08. The van der Waals surface area contributed by atoms with Gasteiger partial charge < -0.3 is 9.47 Å². The van der Waals surface area contributed by atoms with Crippen molar-refractivity contribution >= 4 is 31.9 Å². The van der Waals surface area contributed by atoms with E-state index in [1.165, 1.54) is 28.7 Å². The van der Waals surface area contributed by atoms with E-state index in [9.17, 15) is 0 Å². The Labute approximate surface area is 165 Å². The van der Waals surface area contributed by atoms with Gasteiger partial charge in [0.25, 0.3) is 0 Å². The molecule has 1 saturated heterocycles. The fraction of sp³-hybridized carbons (Fsp3) is 0.429. The quantitative estimate of drug-likeness (QED) is 0.508. The van der Waals surface area contributed by atoms with Crippen LogP contribution in [0.4, 0.5) is 0 Å². The molecule has 4 heteroatoms. The predicted molar refractivity (Wildman–Crippen MR) is 105 cm³/mol. The highest BCUT2D eigenvalue weighted by atomic mass is 79.9. The van der Waals surface area contributed by atoms with Crippen molar-refractivity contribution in [3.8, 4) is 0 Å². The number of halogens is 2. The second-order valence-electron chi connectivity index (χ2n) is 7.20. The summed E-state index contributed by atoms with van der Waals surface area (Å²) in [5.41, 5.74) is 5.30. The summed E-state index contributed by atoms with van der Waals surface area (Å²) >= 11 is 7.85. The lowest BCUT2D eigenvalue weighted by atomic mass is 9.94. The molecule has 0 radical (unpaired) electrons. The first-order valence-corrected chi connectivity index (χ1v) is 10.6. The summed E-state index contributed by atoms with van der Waals surface area (Å²) in [5.74, 6) is 0.844. The summed E-state index contributed by atoms with van der Waals surface area (Å²) in [4.78, 5) is 0. The molecule has 1 saturated carbocycles. The molecule has 2 aromatic rings. The van der Waals surface area contributed by atoms with Crippen molar-refractivity contribution in [1.82, 2.24) is 0 Å². The number of benzene rings is 2. The highest BCUT2D eigenvalue weighted by Gasteiger charge is 2.65. The number of fused-ring (bicyclic) bond motifs is 5. The van der Waals surface area contributed by atoms with E-state index in [2.05, 4.69) is 80.4 Å². The van der Waals surface area contributed by atoms with Gasteiger partial charge in [0.1, 0.15) is 6.10 Å². The van der Waals surface area contributed by atoms with E-state index in [-0.39, 0.29) is 15.6 Å². The highest BCUT2D eigenvalue weighted by Crippen LogP contribution is 2.74. The first-order chi connectivity index (χ1) is 12.2. The van der Waals surface area contributed by atoms with Crippen LogP contribution in [0.5, 0.6) is 0 Å². The second-order valence-corrected chi connectivity index (χ2v) is 10.9. The lowest BCUT2D eigenvalue weighted by molar-refractivity contribution is -0.181. The summed E-state index contributed by atoms with van der Waals surface area (Å²) in [7, 11) is 0. The van der Waals surface area contributed by atoms with Gasteiger partial charge in [0.2, 0.25) is 0 Å². The van der Waals surface area contributed by atoms with Crippen molar-refractivity contribution in [1.29, 1.82) is 0 Å². The molecule has 3 atom stereocenters. The molecule has 2 fully saturated rings. The minimum absolute atomic E-state index is 0.0564. The molecule has 2 nitrogen and oxygen atoms in total. The molecule has 0 aromatic heterocycles. The fourth-order valence-electron chi connectivity index (χ4n) is 4.45. The van der Waals surface area contributed by atoms with E-state index in [1.807, 2.05) is 0 Å². The van der Waals surface area contributed by atoms with Gasteiger partial charge in [-0.25, -0.2) is 0 Å². The minimum Gasteiger partial charge on any atom is -0.353 e. The van der Waals surface area contributed by atoms with Gasteiger partial charge in [0, 0.05) is 18.4 Å². The average molecular weight is 464 g/mol. The summed E-state index contributed by atoms with van der Waals surface area (Å²) in [5, 5.41) is 0. The van der Waals surface area contributed by atoms with Gasteiger partial charge in [-0.15, -0.1) is 0 Å².